The Balaban J connectivity index is 2.99. The average molecular weight is 192 g/mol. The van der Waals surface area contributed by atoms with E-state index in [0.717, 1.165) is 0 Å². The lowest BCUT2D eigenvalue weighted by molar-refractivity contribution is -0.139. The van der Waals surface area contributed by atoms with Crippen LogP contribution in [0.5, 0.6) is 0 Å². The van der Waals surface area contributed by atoms with E-state index in [-0.39, 0.29) is 12.0 Å². The van der Waals surface area contributed by atoms with Crippen LogP contribution in [0.4, 0.5) is 0 Å². The molecule has 0 radical (unpaired) electrons. The van der Waals surface area contributed by atoms with E-state index >= 15 is 0 Å². The number of H-pyrrole nitrogens is 1. The van der Waals surface area contributed by atoms with E-state index in [2.05, 4.69) is 9.72 Å². The lowest BCUT2D eigenvalue weighted by Gasteiger charge is -1.99. The normalized spacial score (nSPS) is 9.14. The van der Waals surface area contributed by atoms with Gasteiger partial charge in [-0.05, 0) is 6.07 Å². The maximum atomic E-state index is 11.0. The maximum Gasteiger partial charge on any atom is 0.311 e. The number of nitrogens with zero attached hydrogens (tertiary/aromatic N) is 1. The largest absolute Gasteiger partial charge is 0.469 e. The van der Waals surface area contributed by atoms with Crippen molar-refractivity contribution >= 4 is 5.97 Å². The molecular formula is C9H8N2O3. The Kier molecular flexibility index (Phi) is 3.02. The summed E-state index contributed by atoms with van der Waals surface area (Å²) in [6.45, 7) is 0. The van der Waals surface area contributed by atoms with Crippen LogP contribution in [0, 0.1) is 11.3 Å². The molecular weight excluding hydrogens is 184 g/mol. The van der Waals surface area contributed by atoms with Gasteiger partial charge >= 0.3 is 5.97 Å². The molecule has 0 aromatic carbocycles. The number of aromatic amines is 1. The molecule has 14 heavy (non-hydrogen) atoms. The fourth-order valence-electron chi connectivity index (χ4n) is 0.988. The maximum absolute atomic E-state index is 11.0. The summed E-state index contributed by atoms with van der Waals surface area (Å²) in [6.07, 6.45) is -0.0404. The quantitative estimate of drug-likeness (QED) is 0.666. The summed E-state index contributed by atoms with van der Waals surface area (Å²) in [5, 5.41) is 8.56. The van der Waals surface area contributed by atoms with Crippen molar-refractivity contribution in [2.24, 2.45) is 0 Å². The molecule has 0 aliphatic heterocycles. The highest BCUT2D eigenvalue weighted by atomic mass is 16.5. The van der Waals surface area contributed by atoms with Gasteiger partial charge in [0.05, 0.1) is 25.2 Å². The number of ether oxygens (including phenoxy) is 1. The summed E-state index contributed by atoms with van der Waals surface area (Å²) in [5.74, 6) is -0.462. The van der Waals surface area contributed by atoms with Crippen LogP contribution in [0.1, 0.15) is 11.3 Å². The second-order valence-corrected chi connectivity index (χ2v) is 2.62. The summed E-state index contributed by atoms with van der Waals surface area (Å²) in [4.78, 5) is 24.3. The zero-order chi connectivity index (χ0) is 10.6. The van der Waals surface area contributed by atoms with E-state index in [4.69, 9.17) is 5.26 Å². The van der Waals surface area contributed by atoms with Crippen molar-refractivity contribution < 1.29 is 9.53 Å². The fraction of sp³-hybridized carbons (Fsp3) is 0.222. The number of pyridine rings is 1. The molecule has 0 saturated carbocycles. The zero-order valence-corrected chi connectivity index (χ0v) is 7.53. The van der Waals surface area contributed by atoms with E-state index in [1.165, 1.54) is 19.2 Å². The molecule has 5 nitrogen and oxygen atoms in total. The van der Waals surface area contributed by atoms with E-state index in [0.29, 0.717) is 5.69 Å². The van der Waals surface area contributed by atoms with Crippen molar-refractivity contribution in [3.05, 3.63) is 33.7 Å². The first kappa shape index (κ1) is 9.99. The predicted octanol–water partition coefficient (Wildman–Crippen LogP) is -0.0379. The van der Waals surface area contributed by atoms with Crippen molar-refractivity contribution in [3.8, 4) is 6.07 Å². The van der Waals surface area contributed by atoms with Gasteiger partial charge in [-0.3, -0.25) is 9.59 Å². The molecule has 1 rings (SSSR count). The van der Waals surface area contributed by atoms with Gasteiger partial charge in [0.1, 0.15) is 0 Å². The number of esters is 1. The van der Waals surface area contributed by atoms with Crippen LogP contribution in [0.2, 0.25) is 0 Å². The minimum atomic E-state index is -0.462. The summed E-state index contributed by atoms with van der Waals surface area (Å²) in [5.41, 5.74) is 0.205. The smallest absolute Gasteiger partial charge is 0.311 e. The van der Waals surface area contributed by atoms with Gasteiger partial charge in [-0.2, -0.15) is 5.26 Å². The molecule has 1 heterocycles. The second kappa shape index (κ2) is 4.23. The Hall–Kier alpha value is -2.09. The van der Waals surface area contributed by atoms with Gasteiger partial charge in [0.2, 0.25) is 5.56 Å². The molecule has 1 aromatic rings. The highest BCUT2D eigenvalue weighted by molar-refractivity contribution is 5.71. The van der Waals surface area contributed by atoms with Gasteiger partial charge in [0.15, 0.2) is 0 Å². The highest BCUT2D eigenvalue weighted by Gasteiger charge is 2.04. The van der Waals surface area contributed by atoms with Crippen molar-refractivity contribution in [2.75, 3.05) is 7.11 Å². The standard InChI is InChI=1S/C9H8N2O3/c1-14-9(13)4-7-2-6(5-10)3-8(12)11-7/h2-3H,4H2,1H3,(H,11,12). The van der Waals surface area contributed by atoms with Crippen LogP contribution in [0.3, 0.4) is 0 Å². The summed E-state index contributed by atoms with van der Waals surface area (Å²) in [6, 6.07) is 4.44. The molecule has 0 unspecified atom stereocenters. The van der Waals surface area contributed by atoms with Crippen molar-refractivity contribution in [3.63, 3.8) is 0 Å². The predicted molar refractivity (Wildman–Crippen MR) is 47.5 cm³/mol. The van der Waals surface area contributed by atoms with Crippen LogP contribution in [-0.2, 0) is 16.0 Å². The SMILES string of the molecule is COC(=O)Cc1cc(C#N)cc(=O)[nH]1. The first-order valence-corrected chi connectivity index (χ1v) is 3.86. The van der Waals surface area contributed by atoms with Crippen molar-refractivity contribution in [1.29, 1.82) is 5.26 Å². The number of nitrogens with one attached hydrogen (secondary N) is 1. The minimum Gasteiger partial charge on any atom is -0.469 e. The number of hydrogen-bond donors (Lipinski definition) is 1. The van der Waals surface area contributed by atoms with Crippen LogP contribution in [-0.4, -0.2) is 18.1 Å². The minimum absolute atomic E-state index is 0.0404. The van der Waals surface area contributed by atoms with E-state index in [1.807, 2.05) is 6.07 Å². The molecule has 0 amide bonds. The Morgan fingerprint density at radius 3 is 2.93 bits per heavy atom. The number of rotatable bonds is 2. The molecule has 0 bridgehead atoms. The number of hydrogen-bond acceptors (Lipinski definition) is 4. The van der Waals surface area contributed by atoms with Gasteiger partial charge < -0.3 is 9.72 Å². The number of carbonyl (C=O) groups is 1. The van der Waals surface area contributed by atoms with Crippen LogP contribution in [0.25, 0.3) is 0 Å². The molecule has 0 spiro atoms. The van der Waals surface area contributed by atoms with Gasteiger partial charge in [-0.1, -0.05) is 0 Å². The molecule has 5 heteroatoms. The molecule has 0 saturated heterocycles. The molecule has 1 N–H and O–H groups in total. The topological polar surface area (TPSA) is 82.9 Å². The van der Waals surface area contributed by atoms with Gasteiger partial charge in [-0.25, -0.2) is 0 Å². The van der Waals surface area contributed by atoms with Gasteiger partial charge in [-0.15, -0.1) is 0 Å². The first-order chi connectivity index (χ1) is 6.65. The molecule has 0 fully saturated rings. The number of carbonyl (C=O) groups excluding carboxylic acids is 1. The molecule has 72 valence electrons. The number of aromatic nitrogens is 1. The monoisotopic (exact) mass is 192 g/mol. The average Bonchev–Trinajstić information content (AvgIpc) is 2.16. The van der Waals surface area contributed by atoms with E-state index in [1.54, 1.807) is 0 Å². The molecule has 1 aromatic heterocycles. The zero-order valence-electron chi connectivity index (χ0n) is 7.53. The fourth-order valence-corrected chi connectivity index (χ4v) is 0.988. The first-order valence-electron chi connectivity index (χ1n) is 3.86. The van der Waals surface area contributed by atoms with Gasteiger partial charge in [0.25, 0.3) is 0 Å². The van der Waals surface area contributed by atoms with Crippen LogP contribution < -0.4 is 5.56 Å². The molecule has 0 aliphatic carbocycles. The lowest BCUT2D eigenvalue weighted by atomic mass is 10.2. The van der Waals surface area contributed by atoms with Crippen molar-refractivity contribution in [1.82, 2.24) is 4.98 Å². The lowest BCUT2D eigenvalue weighted by Crippen LogP contribution is -2.13. The summed E-state index contributed by atoms with van der Waals surface area (Å²) in [7, 11) is 1.26. The third-order valence-electron chi connectivity index (χ3n) is 1.59. The van der Waals surface area contributed by atoms with Crippen LogP contribution >= 0.6 is 0 Å². The third-order valence-corrected chi connectivity index (χ3v) is 1.59. The number of methoxy groups -OCH3 is 1. The highest BCUT2D eigenvalue weighted by Crippen LogP contribution is 1.98. The van der Waals surface area contributed by atoms with E-state index < -0.39 is 11.5 Å². The summed E-state index contributed by atoms with van der Waals surface area (Å²) < 4.78 is 4.42. The Labute approximate surface area is 79.9 Å². The van der Waals surface area contributed by atoms with Crippen LogP contribution in [0.15, 0.2) is 16.9 Å². The van der Waals surface area contributed by atoms with E-state index in [9.17, 15) is 9.59 Å². The Bertz CT molecular complexity index is 442. The molecule has 0 aliphatic rings. The Morgan fingerprint density at radius 1 is 1.64 bits per heavy atom. The summed E-state index contributed by atoms with van der Waals surface area (Å²) >= 11 is 0. The number of nitriles is 1. The van der Waals surface area contributed by atoms with Gasteiger partial charge in [0, 0.05) is 11.8 Å². The third kappa shape index (κ3) is 2.45. The Morgan fingerprint density at radius 2 is 2.36 bits per heavy atom. The second-order valence-electron chi connectivity index (χ2n) is 2.62. The molecule has 0 atom stereocenters. The van der Waals surface area contributed by atoms with Crippen molar-refractivity contribution in [2.45, 2.75) is 6.42 Å².